The van der Waals surface area contributed by atoms with E-state index in [2.05, 4.69) is 39.3 Å². The molecule has 1 saturated heterocycles. The van der Waals surface area contributed by atoms with Crippen LogP contribution in [0.25, 0.3) is 0 Å². The Bertz CT molecular complexity index is 1300. The molecule has 1 aliphatic rings. The maximum atomic E-state index is 11.7. The molecule has 9 nitrogen and oxygen atoms in total. The highest BCUT2D eigenvalue weighted by molar-refractivity contribution is 6.42. The third-order valence-electron chi connectivity index (χ3n) is 6.37. The number of hydrogen-bond donors (Lipinski definition) is 3. The van der Waals surface area contributed by atoms with Crippen LogP contribution in [0.1, 0.15) is 41.8 Å². The van der Waals surface area contributed by atoms with Crippen molar-refractivity contribution in [1.29, 1.82) is 0 Å². The van der Waals surface area contributed by atoms with E-state index in [-0.39, 0.29) is 6.04 Å². The first-order valence-electron chi connectivity index (χ1n) is 12.6. The minimum atomic E-state index is -0.491. The first-order valence-corrected chi connectivity index (χ1v) is 13.4. The van der Waals surface area contributed by atoms with Crippen LogP contribution in [0.15, 0.2) is 36.4 Å². The molecule has 1 aromatic heterocycles. The number of hydrogen-bond acceptors (Lipinski definition) is 8. The Morgan fingerprint density at radius 3 is 2.61 bits per heavy atom. The Morgan fingerprint density at radius 2 is 1.89 bits per heavy atom. The predicted molar refractivity (Wildman–Crippen MR) is 155 cm³/mol. The maximum absolute atomic E-state index is 11.7. The molecule has 1 aliphatic heterocycles. The van der Waals surface area contributed by atoms with E-state index in [1.807, 2.05) is 43.1 Å². The molecule has 4 N–H and O–H groups in total. The summed E-state index contributed by atoms with van der Waals surface area (Å²) in [6, 6.07) is 11.2. The van der Waals surface area contributed by atoms with Crippen molar-refractivity contribution in [2.75, 3.05) is 42.2 Å². The summed E-state index contributed by atoms with van der Waals surface area (Å²) in [4.78, 5) is 30.1. The summed E-state index contributed by atoms with van der Waals surface area (Å²) in [7, 11) is 1.97. The van der Waals surface area contributed by atoms with Gasteiger partial charge in [-0.2, -0.15) is 15.0 Å². The van der Waals surface area contributed by atoms with Crippen LogP contribution in [0, 0.1) is 12.8 Å². The second-order valence-corrected chi connectivity index (χ2v) is 11.0. The predicted octanol–water partition coefficient (Wildman–Crippen LogP) is 5.11. The summed E-state index contributed by atoms with van der Waals surface area (Å²) in [5, 5.41) is 7.89. The van der Waals surface area contributed by atoms with Gasteiger partial charge in [-0.15, -0.1) is 0 Å². The highest BCUT2D eigenvalue weighted by Crippen LogP contribution is 2.26. The number of amides is 1. The van der Waals surface area contributed by atoms with Gasteiger partial charge in [0.2, 0.25) is 23.8 Å². The zero-order valence-corrected chi connectivity index (χ0v) is 23.6. The average Bonchev–Trinajstić information content (AvgIpc) is 3.28. The van der Waals surface area contributed by atoms with Crippen molar-refractivity contribution >= 4 is 52.6 Å². The Hall–Kier alpha value is -3.14. The third kappa shape index (κ3) is 7.24. The molecule has 1 fully saturated rings. The molecule has 0 spiro atoms. The molecule has 0 unspecified atom stereocenters. The molecule has 4 rings (SSSR count). The van der Waals surface area contributed by atoms with E-state index < -0.39 is 5.91 Å². The second kappa shape index (κ2) is 12.1. The molecule has 0 radical (unpaired) electrons. The molecule has 11 heteroatoms. The topological polar surface area (TPSA) is 112 Å². The van der Waals surface area contributed by atoms with Crippen molar-refractivity contribution in [3.63, 3.8) is 0 Å². The van der Waals surface area contributed by atoms with Crippen molar-refractivity contribution in [2.45, 2.75) is 39.8 Å². The number of aromatic nitrogens is 3. The van der Waals surface area contributed by atoms with Gasteiger partial charge in [-0.05, 0) is 54.7 Å². The van der Waals surface area contributed by atoms with Crippen LogP contribution in [-0.2, 0) is 6.54 Å². The molecular weight excluding hydrogens is 523 g/mol. The lowest BCUT2D eigenvalue weighted by molar-refractivity contribution is 0.100. The standard InChI is InChI=1S/C27H34Cl2N8O/c1-16(2)13-36(4)27-34-25(33-26(35-27)32-23-12-19(24(30)38)7-5-17(23)3)31-20-9-10-37(15-20)14-18-6-8-21(28)22(29)11-18/h5-8,11-12,16,20H,9-10,13-15H2,1-4H3,(H2,30,38)(H2,31,32,33,34,35)/t20-/m0/s1. The largest absolute Gasteiger partial charge is 0.366 e. The first kappa shape index (κ1) is 27.9. The van der Waals surface area contributed by atoms with Gasteiger partial charge in [-0.25, -0.2) is 0 Å². The van der Waals surface area contributed by atoms with E-state index >= 15 is 0 Å². The van der Waals surface area contributed by atoms with Gasteiger partial charge in [0.25, 0.3) is 0 Å². The molecule has 3 aromatic rings. The van der Waals surface area contributed by atoms with Gasteiger partial charge in [0.05, 0.1) is 10.0 Å². The minimum Gasteiger partial charge on any atom is -0.366 e. The number of nitrogens with zero attached hydrogens (tertiary/aromatic N) is 5. The fraction of sp³-hybridized carbons (Fsp3) is 0.407. The van der Waals surface area contributed by atoms with Gasteiger partial charge in [-0.1, -0.05) is 49.2 Å². The monoisotopic (exact) mass is 556 g/mol. The summed E-state index contributed by atoms with van der Waals surface area (Å²) in [5.74, 6) is 1.40. The zero-order valence-electron chi connectivity index (χ0n) is 22.1. The third-order valence-corrected chi connectivity index (χ3v) is 7.11. The van der Waals surface area contributed by atoms with Crippen molar-refractivity contribution in [3.8, 4) is 0 Å². The van der Waals surface area contributed by atoms with Gasteiger partial charge < -0.3 is 21.3 Å². The van der Waals surface area contributed by atoms with Crippen LogP contribution < -0.4 is 21.3 Å². The van der Waals surface area contributed by atoms with E-state index in [0.717, 1.165) is 43.7 Å². The lowest BCUT2D eigenvalue weighted by Crippen LogP contribution is -2.28. The number of benzene rings is 2. The lowest BCUT2D eigenvalue weighted by Gasteiger charge is -2.22. The fourth-order valence-electron chi connectivity index (χ4n) is 4.49. The van der Waals surface area contributed by atoms with E-state index in [1.54, 1.807) is 12.1 Å². The van der Waals surface area contributed by atoms with Crippen molar-refractivity contribution in [3.05, 3.63) is 63.1 Å². The SMILES string of the molecule is Cc1ccc(C(N)=O)cc1Nc1nc(N[C@H]2CCN(Cc3ccc(Cl)c(Cl)c3)C2)nc(N(C)CC(C)C)n1. The van der Waals surface area contributed by atoms with E-state index in [1.165, 1.54) is 0 Å². The highest BCUT2D eigenvalue weighted by atomic mass is 35.5. The van der Waals surface area contributed by atoms with Crippen LogP contribution in [0.3, 0.4) is 0 Å². The smallest absolute Gasteiger partial charge is 0.248 e. The number of carbonyl (C=O) groups is 1. The molecule has 38 heavy (non-hydrogen) atoms. The number of halogens is 2. The number of nitrogens with two attached hydrogens (primary N) is 1. The van der Waals surface area contributed by atoms with E-state index in [0.29, 0.717) is 45.1 Å². The van der Waals surface area contributed by atoms with Crippen LogP contribution in [0.5, 0.6) is 0 Å². The van der Waals surface area contributed by atoms with Gasteiger partial charge in [0.15, 0.2) is 0 Å². The molecule has 1 atom stereocenters. The summed E-state index contributed by atoms with van der Waals surface area (Å²) < 4.78 is 0. The molecule has 0 aliphatic carbocycles. The van der Waals surface area contributed by atoms with Gasteiger partial charge in [0, 0.05) is 50.5 Å². The quantitative estimate of drug-likeness (QED) is 0.316. The molecule has 2 aromatic carbocycles. The van der Waals surface area contributed by atoms with Crippen LogP contribution >= 0.6 is 23.2 Å². The lowest BCUT2D eigenvalue weighted by atomic mass is 10.1. The van der Waals surface area contributed by atoms with Crippen LogP contribution in [-0.4, -0.2) is 58.5 Å². The molecule has 0 saturated carbocycles. The van der Waals surface area contributed by atoms with Crippen molar-refractivity contribution < 1.29 is 4.79 Å². The van der Waals surface area contributed by atoms with Crippen LogP contribution in [0.2, 0.25) is 10.0 Å². The van der Waals surface area contributed by atoms with Gasteiger partial charge >= 0.3 is 0 Å². The molecular formula is C27H34Cl2N8O. The summed E-state index contributed by atoms with van der Waals surface area (Å²) in [6.07, 6.45) is 0.951. The number of likely N-dealkylation sites (tertiary alicyclic amines) is 1. The van der Waals surface area contributed by atoms with Gasteiger partial charge in [-0.3, -0.25) is 9.69 Å². The van der Waals surface area contributed by atoms with E-state index in [4.69, 9.17) is 33.9 Å². The van der Waals surface area contributed by atoms with Crippen LogP contribution in [0.4, 0.5) is 23.5 Å². The number of aryl methyl sites for hydroxylation is 1. The summed E-state index contributed by atoms with van der Waals surface area (Å²) in [6.45, 7) is 9.60. The Balaban J connectivity index is 1.52. The number of rotatable bonds is 10. The number of anilines is 4. The zero-order chi connectivity index (χ0) is 27.4. The number of nitrogens with one attached hydrogen (secondary N) is 2. The normalized spacial score (nSPS) is 15.6. The van der Waals surface area contributed by atoms with Crippen molar-refractivity contribution in [1.82, 2.24) is 19.9 Å². The number of primary amides is 1. The Morgan fingerprint density at radius 1 is 1.13 bits per heavy atom. The average molecular weight is 558 g/mol. The Labute approximate surface area is 233 Å². The molecule has 2 heterocycles. The molecule has 0 bridgehead atoms. The second-order valence-electron chi connectivity index (χ2n) is 10.2. The van der Waals surface area contributed by atoms with E-state index in [9.17, 15) is 4.79 Å². The van der Waals surface area contributed by atoms with Crippen molar-refractivity contribution in [2.24, 2.45) is 11.7 Å². The summed E-state index contributed by atoms with van der Waals surface area (Å²) >= 11 is 12.3. The first-order chi connectivity index (χ1) is 18.1. The summed E-state index contributed by atoms with van der Waals surface area (Å²) in [5.41, 5.74) is 8.67. The Kier molecular flexibility index (Phi) is 8.91. The molecule has 202 valence electrons. The number of carbonyl (C=O) groups excluding carboxylic acids is 1. The molecule has 1 amide bonds. The maximum Gasteiger partial charge on any atom is 0.248 e. The van der Waals surface area contributed by atoms with Gasteiger partial charge in [0.1, 0.15) is 0 Å². The fourth-order valence-corrected chi connectivity index (χ4v) is 4.81. The minimum absolute atomic E-state index is 0.177. The highest BCUT2D eigenvalue weighted by Gasteiger charge is 2.24.